The average Bonchev–Trinajstić information content (AvgIpc) is 3.24. The maximum Gasteiger partial charge on any atom is 0.190 e. The molecular formula is C24H23N5O2. The van der Waals surface area contributed by atoms with Crippen molar-refractivity contribution in [1.29, 1.82) is 0 Å². The Bertz CT molecular complexity index is 1180. The number of nitrogens with zero attached hydrogens (tertiary/aromatic N) is 3. The minimum atomic E-state index is 0.511. The Labute approximate surface area is 180 Å². The molecule has 2 N–H and O–H groups in total. The molecule has 0 spiro atoms. The molecule has 3 aromatic carbocycles. The number of nitrogens with one attached hydrogen (secondary N) is 2. The molecule has 0 aliphatic rings. The Hall–Kier alpha value is -4.13. The molecule has 0 bridgehead atoms. The molecule has 0 saturated carbocycles. The lowest BCUT2D eigenvalue weighted by Gasteiger charge is -2.09. The second-order valence-electron chi connectivity index (χ2n) is 6.61. The third kappa shape index (κ3) is 4.90. The first-order valence-corrected chi connectivity index (χ1v) is 9.95. The fourth-order valence-corrected chi connectivity index (χ4v) is 3.03. The molecule has 1 heterocycles. The molecule has 1 aromatic heterocycles. The van der Waals surface area contributed by atoms with Crippen LogP contribution in [0.3, 0.4) is 0 Å². The van der Waals surface area contributed by atoms with Crippen LogP contribution < -0.4 is 14.9 Å². The molecule has 0 radical (unpaired) electrons. The van der Waals surface area contributed by atoms with Crippen LogP contribution in [0, 0.1) is 0 Å². The van der Waals surface area contributed by atoms with Crippen molar-refractivity contribution in [3.8, 4) is 11.5 Å². The Morgan fingerprint density at radius 3 is 2.61 bits per heavy atom. The molecule has 0 amide bonds. The molecule has 0 aliphatic carbocycles. The van der Waals surface area contributed by atoms with Crippen molar-refractivity contribution in [1.82, 2.24) is 15.4 Å². The molecule has 0 unspecified atom stereocenters. The van der Waals surface area contributed by atoms with Crippen molar-refractivity contribution in [2.75, 3.05) is 13.7 Å². The van der Waals surface area contributed by atoms with Gasteiger partial charge in [0, 0.05) is 0 Å². The number of hydrazone groups is 1. The molecule has 0 saturated heterocycles. The van der Waals surface area contributed by atoms with E-state index in [-0.39, 0.29) is 0 Å². The first-order chi connectivity index (χ1) is 15.3. The summed E-state index contributed by atoms with van der Waals surface area (Å²) in [5.41, 5.74) is 6.47. The minimum absolute atomic E-state index is 0.511. The van der Waals surface area contributed by atoms with Gasteiger partial charge in [-0.3, -0.25) is 5.43 Å². The number of H-pyrrole nitrogens is 1. The SMILES string of the molecule is CCOc1ccc(/C=N/NC(=Nc2ccccc2)c2nc3ccccc3[nH]2)cc1OC. The molecule has 31 heavy (non-hydrogen) atoms. The van der Waals surface area contributed by atoms with E-state index < -0.39 is 0 Å². The third-order valence-electron chi connectivity index (χ3n) is 4.48. The largest absolute Gasteiger partial charge is 0.493 e. The van der Waals surface area contributed by atoms with Gasteiger partial charge in [0.1, 0.15) is 0 Å². The van der Waals surface area contributed by atoms with E-state index in [0.29, 0.717) is 29.8 Å². The van der Waals surface area contributed by atoms with Crippen LogP contribution in [0.4, 0.5) is 5.69 Å². The summed E-state index contributed by atoms with van der Waals surface area (Å²) in [6, 6.07) is 23.1. The van der Waals surface area contributed by atoms with Gasteiger partial charge >= 0.3 is 0 Å². The maximum atomic E-state index is 5.56. The first kappa shape index (κ1) is 20.2. The molecule has 156 valence electrons. The lowest BCUT2D eigenvalue weighted by Crippen LogP contribution is -2.20. The van der Waals surface area contributed by atoms with Crippen LogP contribution >= 0.6 is 0 Å². The number of benzene rings is 3. The standard InChI is InChI=1S/C24H23N5O2/c1-3-31-21-14-13-17(15-22(21)30-2)16-25-29-24(26-18-9-5-4-6-10-18)23-27-19-11-7-8-12-20(19)28-23/h4-16H,3H2,1-2H3,(H,26,29)(H,27,28)/b25-16+. The lowest BCUT2D eigenvalue weighted by molar-refractivity contribution is 0.311. The number of aromatic amines is 1. The molecule has 0 atom stereocenters. The number of imidazole rings is 1. The molecule has 7 heteroatoms. The zero-order chi connectivity index (χ0) is 21.5. The van der Waals surface area contributed by atoms with E-state index in [4.69, 9.17) is 9.47 Å². The average molecular weight is 413 g/mol. The Morgan fingerprint density at radius 2 is 1.84 bits per heavy atom. The predicted octanol–water partition coefficient (Wildman–Crippen LogP) is 4.67. The molecule has 4 rings (SSSR count). The van der Waals surface area contributed by atoms with Crippen LogP contribution in [0.1, 0.15) is 18.3 Å². The second-order valence-corrected chi connectivity index (χ2v) is 6.61. The van der Waals surface area contributed by atoms with Crippen molar-refractivity contribution >= 4 is 28.8 Å². The van der Waals surface area contributed by atoms with Crippen LogP contribution in [0.25, 0.3) is 11.0 Å². The van der Waals surface area contributed by atoms with E-state index in [2.05, 4.69) is 25.5 Å². The van der Waals surface area contributed by atoms with Gasteiger partial charge in [0.15, 0.2) is 23.2 Å². The predicted molar refractivity (Wildman–Crippen MR) is 124 cm³/mol. The highest BCUT2D eigenvalue weighted by atomic mass is 16.5. The minimum Gasteiger partial charge on any atom is -0.493 e. The van der Waals surface area contributed by atoms with Gasteiger partial charge in [0.2, 0.25) is 0 Å². The maximum absolute atomic E-state index is 5.56. The zero-order valence-corrected chi connectivity index (χ0v) is 17.4. The quantitative estimate of drug-likeness (QED) is 0.262. The summed E-state index contributed by atoms with van der Waals surface area (Å²) in [5.74, 6) is 2.47. The van der Waals surface area contributed by atoms with Crippen molar-refractivity contribution in [3.05, 3.63) is 84.2 Å². The van der Waals surface area contributed by atoms with Crippen LogP contribution in [0.15, 0.2) is 82.9 Å². The molecule has 7 nitrogen and oxygen atoms in total. The van der Waals surface area contributed by atoms with Crippen LogP contribution in [-0.2, 0) is 0 Å². The Morgan fingerprint density at radius 1 is 1.03 bits per heavy atom. The highest BCUT2D eigenvalue weighted by Crippen LogP contribution is 2.27. The summed E-state index contributed by atoms with van der Waals surface area (Å²) in [5, 5.41) is 4.37. The van der Waals surface area contributed by atoms with E-state index in [1.807, 2.05) is 79.7 Å². The lowest BCUT2D eigenvalue weighted by atomic mass is 10.2. The van der Waals surface area contributed by atoms with Crippen LogP contribution in [0.5, 0.6) is 11.5 Å². The molecular weight excluding hydrogens is 390 g/mol. The fourth-order valence-electron chi connectivity index (χ4n) is 3.03. The van der Waals surface area contributed by atoms with Crippen molar-refractivity contribution in [2.45, 2.75) is 6.92 Å². The van der Waals surface area contributed by atoms with Gasteiger partial charge in [-0.15, -0.1) is 0 Å². The highest BCUT2D eigenvalue weighted by Gasteiger charge is 2.10. The summed E-state index contributed by atoms with van der Waals surface area (Å²) in [6.45, 7) is 2.51. The van der Waals surface area contributed by atoms with E-state index in [1.165, 1.54) is 0 Å². The number of ether oxygens (including phenoxy) is 2. The van der Waals surface area contributed by atoms with E-state index >= 15 is 0 Å². The number of para-hydroxylation sites is 3. The molecule has 0 fully saturated rings. The van der Waals surface area contributed by atoms with Crippen molar-refractivity contribution < 1.29 is 9.47 Å². The van der Waals surface area contributed by atoms with E-state index in [1.54, 1.807) is 13.3 Å². The number of aromatic nitrogens is 2. The monoisotopic (exact) mass is 413 g/mol. The summed E-state index contributed by atoms with van der Waals surface area (Å²) in [4.78, 5) is 12.6. The van der Waals surface area contributed by atoms with Crippen molar-refractivity contribution in [2.24, 2.45) is 10.1 Å². The second kappa shape index (κ2) is 9.58. The Balaban J connectivity index is 1.61. The van der Waals surface area contributed by atoms with Gasteiger partial charge in [-0.2, -0.15) is 5.10 Å². The number of fused-ring (bicyclic) bond motifs is 1. The van der Waals surface area contributed by atoms with Gasteiger partial charge in [0.05, 0.1) is 36.7 Å². The first-order valence-electron chi connectivity index (χ1n) is 9.95. The number of amidine groups is 1. The van der Waals surface area contributed by atoms with Crippen molar-refractivity contribution in [3.63, 3.8) is 0 Å². The number of rotatable bonds is 7. The van der Waals surface area contributed by atoms with E-state index in [0.717, 1.165) is 22.3 Å². The van der Waals surface area contributed by atoms with Gasteiger partial charge in [-0.25, -0.2) is 9.98 Å². The Kier molecular flexibility index (Phi) is 6.23. The molecule has 4 aromatic rings. The zero-order valence-electron chi connectivity index (χ0n) is 17.4. The summed E-state index contributed by atoms with van der Waals surface area (Å²) >= 11 is 0. The summed E-state index contributed by atoms with van der Waals surface area (Å²) < 4.78 is 11.0. The summed E-state index contributed by atoms with van der Waals surface area (Å²) in [6.07, 6.45) is 1.70. The smallest absolute Gasteiger partial charge is 0.190 e. The number of methoxy groups -OCH3 is 1. The third-order valence-corrected chi connectivity index (χ3v) is 4.48. The normalized spacial score (nSPS) is 11.7. The van der Waals surface area contributed by atoms with E-state index in [9.17, 15) is 0 Å². The number of aliphatic imine (C=N–C) groups is 1. The molecule has 0 aliphatic heterocycles. The van der Waals surface area contributed by atoms with Crippen LogP contribution in [-0.4, -0.2) is 35.7 Å². The van der Waals surface area contributed by atoms with Gasteiger partial charge in [-0.05, 0) is 55.0 Å². The topological polar surface area (TPSA) is 83.9 Å². The number of hydrogen-bond acceptors (Lipinski definition) is 5. The van der Waals surface area contributed by atoms with Crippen LogP contribution in [0.2, 0.25) is 0 Å². The van der Waals surface area contributed by atoms with Gasteiger partial charge in [-0.1, -0.05) is 30.3 Å². The van der Waals surface area contributed by atoms with Gasteiger partial charge < -0.3 is 14.5 Å². The van der Waals surface area contributed by atoms with Gasteiger partial charge in [0.25, 0.3) is 0 Å². The summed E-state index contributed by atoms with van der Waals surface area (Å²) in [7, 11) is 1.61. The number of hydrogen-bond donors (Lipinski definition) is 2. The fraction of sp³-hybridized carbons (Fsp3) is 0.125. The highest BCUT2D eigenvalue weighted by molar-refractivity contribution is 6.00.